The Bertz CT molecular complexity index is 570. The van der Waals surface area contributed by atoms with Crippen LogP contribution in [0.3, 0.4) is 0 Å². The molecular formula is C14H13F3N2O. The highest BCUT2D eigenvalue weighted by Crippen LogP contribution is 2.38. The Labute approximate surface area is 114 Å². The molecule has 0 bridgehead atoms. The van der Waals surface area contributed by atoms with E-state index in [1.54, 1.807) is 25.2 Å². The quantitative estimate of drug-likeness (QED) is 0.930. The molecule has 0 unspecified atom stereocenters. The molecule has 1 aromatic heterocycles. The van der Waals surface area contributed by atoms with E-state index in [2.05, 4.69) is 10.3 Å². The van der Waals surface area contributed by atoms with Crippen LogP contribution in [-0.2, 0) is 12.7 Å². The number of benzene rings is 1. The van der Waals surface area contributed by atoms with Crippen molar-refractivity contribution in [3.63, 3.8) is 0 Å². The van der Waals surface area contributed by atoms with E-state index in [0.29, 0.717) is 12.1 Å². The van der Waals surface area contributed by atoms with Gasteiger partial charge < -0.3 is 10.1 Å². The maximum Gasteiger partial charge on any atom is 0.419 e. The number of halogens is 3. The van der Waals surface area contributed by atoms with Crippen molar-refractivity contribution in [1.29, 1.82) is 0 Å². The summed E-state index contributed by atoms with van der Waals surface area (Å²) in [6.45, 7) is 0.357. The van der Waals surface area contributed by atoms with E-state index in [4.69, 9.17) is 4.74 Å². The van der Waals surface area contributed by atoms with Gasteiger partial charge in [0.1, 0.15) is 11.5 Å². The fourth-order valence-corrected chi connectivity index (χ4v) is 1.74. The number of hydrogen-bond acceptors (Lipinski definition) is 3. The van der Waals surface area contributed by atoms with Crippen LogP contribution >= 0.6 is 0 Å². The van der Waals surface area contributed by atoms with Gasteiger partial charge in [-0.05, 0) is 36.9 Å². The minimum absolute atomic E-state index is 0.231. The third-order valence-electron chi connectivity index (χ3n) is 2.59. The van der Waals surface area contributed by atoms with Crippen LogP contribution in [0.25, 0.3) is 0 Å². The SMILES string of the molecule is CNCc1ccc(Oc2cccnc2)c(C(F)(F)F)c1. The predicted molar refractivity (Wildman–Crippen MR) is 68.5 cm³/mol. The summed E-state index contributed by atoms with van der Waals surface area (Å²) in [4.78, 5) is 3.80. The molecule has 6 heteroatoms. The largest absolute Gasteiger partial charge is 0.455 e. The second kappa shape index (κ2) is 5.92. The van der Waals surface area contributed by atoms with Crippen molar-refractivity contribution >= 4 is 0 Å². The van der Waals surface area contributed by atoms with Gasteiger partial charge in [-0.15, -0.1) is 0 Å². The number of nitrogens with zero attached hydrogens (tertiary/aromatic N) is 1. The number of alkyl halides is 3. The summed E-state index contributed by atoms with van der Waals surface area (Å²) in [5.74, 6) is 0.0321. The molecule has 0 spiro atoms. The van der Waals surface area contributed by atoms with Crippen molar-refractivity contribution in [3.8, 4) is 11.5 Å². The maximum absolute atomic E-state index is 13.1. The molecule has 1 heterocycles. The molecular weight excluding hydrogens is 269 g/mol. The van der Waals surface area contributed by atoms with E-state index in [9.17, 15) is 13.2 Å². The van der Waals surface area contributed by atoms with Gasteiger partial charge in [0.05, 0.1) is 11.8 Å². The van der Waals surface area contributed by atoms with Gasteiger partial charge in [0.15, 0.2) is 0 Å². The predicted octanol–water partition coefficient (Wildman–Crippen LogP) is 3.61. The van der Waals surface area contributed by atoms with E-state index < -0.39 is 11.7 Å². The lowest BCUT2D eigenvalue weighted by Gasteiger charge is -2.15. The highest BCUT2D eigenvalue weighted by atomic mass is 19.4. The second-order valence-electron chi connectivity index (χ2n) is 4.15. The van der Waals surface area contributed by atoms with Crippen LogP contribution in [0.2, 0.25) is 0 Å². The average molecular weight is 282 g/mol. The van der Waals surface area contributed by atoms with Crippen molar-refractivity contribution < 1.29 is 17.9 Å². The molecule has 0 saturated heterocycles. The first kappa shape index (κ1) is 14.3. The summed E-state index contributed by atoms with van der Waals surface area (Å²) < 4.78 is 44.4. The molecule has 2 aromatic rings. The molecule has 0 saturated carbocycles. The number of hydrogen-bond donors (Lipinski definition) is 1. The number of pyridine rings is 1. The molecule has 1 N–H and O–H groups in total. The van der Waals surface area contributed by atoms with E-state index >= 15 is 0 Å². The summed E-state index contributed by atoms with van der Waals surface area (Å²) in [6.07, 6.45) is -1.59. The van der Waals surface area contributed by atoms with Gasteiger partial charge in [-0.2, -0.15) is 13.2 Å². The Morgan fingerprint density at radius 3 is 2.65 bits per heavy atom. The summed E-state index contributed by atoms with van der Waals surface area (Å²) in [5, 5.41) is 2.81. The fourth-order valence-electron chi connectivity index (χ4n) is 1.74. The number of ether oxygens (including phenoxy) is 1. The zero-order valence-corrected chi connectivity index (χ0v) is 10.7. The monoisotopic (exact) mass is 282 g/mol. The minimum atomic E-state index is -4.47. The summed E-state index contributed by atoms with van der Waals surface area (Å²) in [5.41, 5.74) is -0.257. The summed E-state index contributed by atoms with van der Waals surface area (Å²) in [7, 11) is 1.67. The van der Waals surface area contributed by atoms with Crippen LogP contribution in [-0.4, -0.2) is 12.0 Å². The molecule has 0 radical (unpaired) electrons. The van der Waals surface area contributed by atoms with E-state index in [-0.39, 0.29) is 11.5 Å². The van der Waals surface area contributed by atoms with Crippen LogP contribution in [0.1, 0.15) is 11.1 Å². The molecule has 0 amide bonds. The van der Waals surface area contributed by atoms with Gasteiger partial charge in [-0.3, -0.25) is 4.98 Å². The minimum Gasteiger partial charge on any atom is -0.455 e. The Morgan fingerprint density at radius 2 is 2.05 bits per heavy atom. The van der Waals surface area contributed by atoms with Crippen LogP contribution < -0.4 is 10.1 Å². The third-order valence-corrected chi connectivity index (χ3v) is 2.59. The van der Waals surface area contributed by atoms with Crippen molar-refractivity contribution in [3.05, 3.63) is 53.9 Å². The Morgan fingerprint density at radius 1 is 1.25 bits per heavy atom. The molecule has 3 nitrogen and oxygen atoms in total. The van der Waals surface area contributed by atoms with E-state index in [1.807, 2.05) is 0 Å². The second-order valence-corrected chi connectivity index (χ2v) is 4.15. The molecule has 0 aliphatic rings. The van der Waals surface area contributed by atoms with Crippen LogP contribution in [0.5, 0.6) is 11.5 Å². The molecule has 0 atom stereocenters. The lowest BCUT2D eigenvalue weighted by atomic mass is 10.1. The molecule has 1 aromatic carbocycles. The van der Waals surface area contributed by atoms with Gasteiger partial charge >= 0.3 is 6.18 Å². The first-order valence-corrected chi connectivity index (χ1v) is 5.93. The fraction of sp³-hybridized carbons (Fsp3) is 0.214. The summed E-state index contributed by atoms with van der Waals surface area (Å²) >= 11 is 0. The van der Waals surface area contributed by atoms with Gasteiger partial charge in [0, 0.05) is 12.7 Å². The average Bonchev–Trinajstić information content (AvgIpc) is 2.41. The smallest absolute Gasteiger partial charge is 0.419 e. The van der Waals surface area contributed by atoms with Crippen molar-refractivity contribution in [1.82, 2.24) is 10.3 Å². The number of aromatic nitrogens is 1. The van der Waals surface area contributed by atoms with E-state index in [0.717, 1.165) is 6.07 Å². The van der Waals surface area contributed by atoms with Gasteiger partial charge in [0.25, 0.3) is 0 Å². The maximum atomic E-state index is 13.1. The number of nitrogens with one attached hydrogen (secondary N) is 1. The lowest BCUT2D eigenvalue weighted by molar-refractivity contribution is -0.138. The Hall–Kier alpha value is -2.08. The van der Waals surface area contributed by atoms with Crippen LogP contribution in [0, 0.1) is 0 Å². The standard InChI is InChI=1S/C14H13F3N2O/c1-18-8-10-4-5-13(12(7-10)14(15,16)17)20-11-3-2-6-19-9-11/h2-7,9,18H,8H2,1H3. The molecule has 20 heavy (non-hydrogen) atoms. The topological polar surface area (TPSA) is 34.1 Å². The third kappa shape index (κ3) is 3.48. The van der Waals surface area contributed by atoms with Crippen molar-refractivity contribution in [2.45, 2.75) is 12.7 Å². The highest BCUT2D eigenvalue weighted by Gasteiger charge is 2.34. The van der Waals surface area contributed by atoms with Crippen LogP contribution in [0.4, 0.5) is 13.2 Å². The highest BCUT2D eigenvalue weighted by molar-refractivity contribution is 5.41. The first-order chi connectivity index (χ1) is 9.50. The molecule has 0 aliphatic carbocycles. The van der Waals surface area contributed by atoms with Gasteiger partial charge in [0.2, 0.25) is 0 Å². The molecule has 0 fully saturated rings. The van der Waals surface area contributed by atoms with Gasteiger partial charge in [-0.25, -0.2) is 0 Å². The Kier molecular flexibility index (Phi) is 4.24. The lowest BCUT2D eigenvalue weighted by Crippen LogP contribution is -2.10. The first-order valence-electron chi connectivity index (χ1n) is 5.93. The van der Waals surface area contributed by atoms with Crippen LogP contribution in [0.15, 0.2) is 42.7 Å². The van der Waals surface area contributed by atoms with Crippen molar-refractivity contribution in [2.75, 3.05) is 7.05 Å². The van der Waals surface area contributed by atoms with Crippen molar-refractivity contribution in [2.24, 2.45) is 0 Å². The Balaban J connectivity index is 2.37. The molecule has 2 rings (SSSR count). The molecule has 0 aliphatic heterocycles. The van der Waals surface area contributed by atoms with E-state index in [1.165, 1.54) is 18.5 Å². The number of rotatable bonds is 4. The zero-order valence-electron chi connectivity index (χ0n) is 10.7. The summed E-state index contributed by atoms with van der Waals surface area (Å²) in [6, 6.07) is 7.15. The molecule has 106 valence electrons. The normalized spacial score (nSPS) is 11.4. The zero-order chi connectivity index (χ0) is 14.6. The van der Waals surface area contributed by atoms with Gasteiger partial charge in [-0.1, -0.05) is 6.07 Å².